The van der Waals surface area contributed by atoms with E-state index in [9.17, 15) is 0 Å². The third-order valence-corrected chi connectivity index (χ3v) is 4.09. The minimum atomic E-state index is 0.543. The lowest BCUT2D eigenvalue weighted by Gasteiger charge is -2.20. The first-order valence-corrected chi connectivity index (χ1v) is 7.31. The van der Waals surface area contributed by atoms with Crippen molar-refractivity contribution in [1.29, 1.82) is 0 Å². The Morgan fingerprint density at radius 2 is 2.11 bits per heavy atom. The Balaban J connectivity index is 1.95. The van der Waals surface area contributed by atoms with E-state index in [1.54, 1.807) is 0 Å². The van der Waals surface area contributed by atoms with Gasteiger partial charge in [-0.25, -0.2) is 4.98 Å². The molecule has 0 aromatic carbocycles. The van der Waals surface area contributed by atoms with Gasteiger partial charge in [-0.1, -0.05) is 0 Å². The van der Waals surface area contributed by atoms with Gasteiger partial charge in [0, 0.05) is 31.7 Å². The highest BCUT2D eigenvalue weighted by Crippen LogP contribution is 2.20. The number of hydrogen-bond acceptors (Lipinski definition) is 4. The van der Waals surface area contributed by atoms with Crippen LogP contribution in [0.3, 0.4) is 0 Å². The van der Waals surface area contributed by atoms with Gasteiger partial charge in [0.05, 0.1) is 11.9 Å². The standard InChI is InChI=1S/C15H26N4/c1-5-19(6-2)15-8-7-13(10-16-15)17-14-9-12(3)18(4)11-14/h7-8,10,12,14,17H,5-6,9,11H2,1-4H3. The molecule has 1 fully saturated rings. The Hall–Kier alpha value is -1.29. The normalized spacial score (nSPS) is 23.6. The highest BCUT2D eigenvalue weighted by atomic mass is 15.2. The van der Waals surface area contributed by atoms with Crippen molar-refractivity contribution in [3.05, 3.63) is 18.3 Å². The largest absolute Gasteiger partial charge is 0.380 e. The number of pyridine rings is 1. The summed E-state index contributed by atoms with van der Waals surface area (Å²) in [4.78, 5) is 9.21. The van der Waals surface area contributed by atoms with Crippen LogP contribution in [0.2, 0.25) is 0 Å². The molecule has 0 aliphatic carbocycles. The minimum Gasteiger partial charge on any atom is -0.380 e. The fourth-order valence-corrected chi connectivity index (χ4v) is 2.74. The lowest BCUT2D eigenvalue weighted by molar-refractivity contribution is 0.330. The zero-order chi connectivity index (χ0) is 13.8. The van der Waals surface area contributed by atoms with Gasteiger partial charge in [0.15, 0.2) is 0 Å². The van der Waals surface area contributed by atoms with Crippen molar-refractivity contribution in [2.24, 2.45) is 0 Å². The molecule has 1 N–H and O–H groups in total. The van der Waals surface area contributed by atoms with E-state index in [-0.39, 0.29) is 0 Å². The number of likely N-dealkylation sites (tertiary alicyclic amines) is 1. The highest BCUT2D eigenvalue weighted by Gasteiger charge is 2.25. The van der Waals surface area contributed by atoms with Crippen molar-refractivity contribution in [1.82, 2.24) is 9.88 Å². The van der Waals surface area contributed by atoms with Crippen LogP contribution in [0.15, 0.2) is 18.3 Å². The lowest BCUT2D eigenvalue weighted by atomic mass is 10.2. The molecule has 0 amide bonds. The number of likely N-dealkylation sites (N-methyl/N-ethyl adjacent to an activating group) is 1. The molecule has 2 heterocycles. The molecule has 1 aliphatic heterocycles. The van der Waals surface area contributed by atoms with Gasteiger partial charge < -0.3 is 15.1 Å². The van der Waals surface area contributed by atoms with Crippen molar-refractivity contribution in [3.8, 4) is 0 Å². The summed E-state index contributed by atoms with van der Waals surface area (Å²) in [6, 6.07) is 5.46. The van der Waals surface area contributed by atoms with Crippen molar-refractivity contribution in [2.45, 2.75) is 39.3 Å². The third-order valence-electron chi connectivity index (χ3n) is 4.09. The van der Waals surface area contributed by atoms with Crippen LogP contribution in [0, 0.1) is 0 Å². The van der Waals surface area contributed by atoms with Crippen LogP contribution in [-0.2, 0) is 0 Å². The Labute approximate surface area is 116 Å². The van der Waals surface area contributed by atoms with E-state index >= 15 is 0 Å². The second-order valence-electron chi connectivity index (χ2n) is 5.44. The zero-order valence-corrected chi connectivity index (χ0v) is 12.6. The molecule has 4 nitrogen and oxygen atoms in total. The van der Waals surface area contributed by atoms with E-state index in [2.05, 4.69) is 60.1 Å². The number of rotatable bonds is 5. The number of nitrogens with zero attached hydrogens (tertiary/aromatic N) is 3. The molecule has 1 aliphatic rings. The van der Waals surface area contributed by atoms with Gasteiger partial charge in [0.25, 0.3) is 0 Å². The summed E-state index contributed by atoms with van der Waals surface area (Å²) in [5.41, 5.74) is 1.13. The maximum atomic E-state index is 4.55. The number of anilines is 2. The Morgan fingerprint density at radius 1 is 1.37 bits per heavy atom. The third kappa shape index (κ3) is 3.38. The number of aromatic nitrogens is 1. The molecule has 2 atom stereocenters. The van der Waals surface area contributed by atoms with E-state index in [1.165, 1.54) is 6.42 Å². The molecule has 1 aromatic rings. The first-order chi connectivity index (χ1) is 9.13. The molecule has 0 bridgehead atoms. The van der Waals surface area contributed by atoms with Crippen molar-refractivity contribution in [3.63, 3.8) is 0 Å². The van der Waals surface area contributed by atoms with Crippen LogP contribution in [0.5, 0.6) is 0 Å². The summed E-state index contributed by atoms with van der Waals surface area (Å²) in [5.74, 6) is 1.06. The zero-order valence-electron chi connectivity index (χ0n) is 12.6. The predicted octanol–water partition coefficient (Wildman–Crippen LogP) is 2.43. The fourth-order valence-electron chi connectivity index (χ4n) is 2.74. The summed E-state index contributed by atoms with van der Waals surface area (Å²) >= 11 is 0. The predicted molar refractivity (Wildman–Crippen MR) is 81.9 cm³/mol. The number of nitrogens with one attached hydrogen (secondary N) is 1. The van der Waals surface area contributed by atoms with Crippen molar-refractivity contribution < 1.29 is 0 Å². The molecule has 0 spiro atoms. The van der Waals surface area contributed by atoms with Gasteiger partial charge in [-0.15, -0.1) is 0 Å². The molecule has 0 saturated carbocycles. The average Bonchev–Trinajstić information content (AvgIpc) is 2.72. The maximum Gasteiger partial charge on any atom is 0.128 e. The van der Waals surface area contributed by atoms with Gasteiger partial charge in [-0.2, -0.15) is 0 Å². The lowest BCUT2D eigenvalue weighted by Crippen LogP contribution is -2.25. The Kier molecular flexibility index (Phi) is 4.64. The quantitative estimate of drug-likeness (QED) is 0.883. The van der Waals surface area contributed by atoms with Crippen LogP contribution < -0.4 is 10.2 Å². The van der Waals surface area contributed by atoms with Gasteiger partial charge in [-0.05, 0) is 46.4 Å². The Bertz CT molecular complexity index is 376. The fraction of sp³-hybridized carbons (Fsp3) is 0.667. The second kappa shape index (κ2) is 6.24. The highest BCUT2D eigenvalue weighted by molar-refractivity contribution is 5.49. The average molecular weight is 262 g/mol. The van der Waals surface area contributed by atoms with Gasteiger partial charge >= 0.3 is 0 Å². The molecule has 1 saturated heterocycles. The number of hydrogen-bond donors (Lipinski definition) is 1. The first-order valence-electron chi connectivity index (χ1n) is 7.31. The van der Waals surface area contributed by atoms with E-state index in [0.29, 0.717) is 12.1 Å². The molecule has 4 heteroatoms. The van der Waals surface area contributed by atoms with E-state index < -0.39 is 0 Å². The van der Waals surface area contributed by atoms with E-state index in [4.69, 9.17) is 0 Å². The smallest absolute Gasteiger partial charge is 0.128 e. The molecular formula is C15H26N4. The van der Waals surface area contributed by atoms with Crippen LogP contribution in [-0.4, -0.2) is 48.6 Å². The van der Waals surface area contributed by atoms with E-state index in [1.807, 2.05) is 6.20 Å². The first kappa shape index (κ1) is 14.1. The Morgan fingerprint density at radius 3 is 2.58 bits per heavy atom. The van der Waals surface area contributed by atoms with Crippen molar-refractivity contribution in [2.75, 3.05) is 36.9 Å². The minimum absolute atomic E-state index is 0.543. The topological polar surface area (TPSA) is 31.4 Å². The van der Waals surface area contributed by atoms with Crippen LogP contribution in [0.25, 0.3) is 0 Å². The molecule has 106 valence electrons. The summed E-state index contributed by atoms with van der Waals surface area (Å²) < 4.78 is 0. The van der Waals surface area contributed by atoms with Gasteiger partial charge in [-0.3, -0.25) is 0 Å². The molecule has 2 unspecified atom stereocenters. The molecule has 1 aromatic heterocycles. The van der Waals surface area contributed by atoms with E-state index in [0.717, 1.165) is 31.1 Å². The maximum absolute atomic E-state index is 4.55. The SMILES string of the molecule is CCN(CC)c1ccc(NC2CC(C)N(C)C2)cn1. The second-order valence-corrected chi connectivity index (χ2v) is 5.44. The van der Waals surface area contributed by atoms with Gasteiger partial charge in [0.2, 0.25) is 0 Å². The molecule has 0 radical (unpaired) electrons. The summed E-state index contributed by atoms with van der Waals surface area (Å²) in [6.45, 7) is 9.71. The monoisotopic (exact) mass is 262 g/mol. The molecule has 2 rings (SSSR count). The summed E-state index contributed by atoms with van der Waals surface area (Å²) in [6.07, 6.45) is 3.16. The summed E-state index contributed by atoms with van der Waals surface area (Å²) in [5, 5.41) is 3.58. The van der Waals surface area contributed by atoms with Crippen LogP contribution in [0.4, 0.5) is 11.5 Å². The van der Waals surface area contributed by atoms with Crippen LogP contribution >= 0.6 is 0 Å². The van der Waals surface area contributed by atoms with Gasteiger partial charge in [0.1, 0.15) is 5.82 Å². The van der Waals surface area contributed by atoms with Crippen LogP contribution in [0.1, 0.15) is 27.2 Å². The molecule has 19 heavy (non-hydrogen) atoms. The molecular weight excluding hydrogens is 236 g/mol. The van der Waals surface area contributed by atoms with Crippen molar-refractivity contribution >= 4 is 11.5 Å². The summed E-state index contributed by atoms with van der Waals surface area (Å²) in [7, 11) is 2.19.